The van der Waals surface area contributed by atoms with Gasteiger partial charge < -0.3 is 14.4 Å². The van der Waals surface area contributed by atoms with E-state index in [1.165, 1.54) is 19.4 Å². The third-order valence-corrected chi connectivity index (χ3v) is 4.60. The van der Waals surface area contributed by atoms with Crippen molar-refractivity contribution in [3.63, 3.8) is 0 Å². The molecule has 142 valence electrons. The number of carbonyl (C=O) groups excluding carboxylic acids is 1. The molecule has 0 atom stereocenters. The summed E-state index contributed by atoms with van der Waals surface area (Å²) >= 11 is 0. The van der Waals surface area contributed by atoms with Crippen LogP contribution in [0.2, 0.25) is 0 Å². The van der Waals surface area contributed by atoms with Gasteiger partial charge in [-0.3, -0.25) is 15.4 Å². The van der Waals surface area contributed by atoms with E-state index in [2.05, 4.69) is 16.9 Å². The van der Waals surface area contributed by atoms with Crippen LogP contribution in [0.1, 0.15) is 18.4 Å². The lowest BCUT2D eigenvalue weighted by Crippen LogP contribution is -2.38. The number of rotatable bonds is 5. The Morgan fingerprint density at radius 3 is 2.85 bits per heavy atom. The number of methoxy groups -OCH3 is 1. The van der Waals surface area contributed by atoms with Crippen LogP contribution in [-0.4, -0.2) is 36.2 Å². The largest absolute Gasteiger partial charge is 0.476 e. The van der Waals surface area contributed by atoms with Crippen LogP contribution in [0, 0.1) is 16.0 Å². The van der Waals surface area contributed by atoms with Crippen LogP contribution in [0.25, 0.3) is 6.08 Å². The summed E-state index contributed by atoms with van der Waals surface area (Å²) in [6.07, 6.45) is 7.52. The van der Waals surface area contributed by atoms with Crippen molar-refractivity contribution < 1.29 is 19.2 Å². The number of nitro groups is 1. The summed E-state index contributed by atoms with van der Waals surface area (Å²) in [4.78, 5) is 28.6. The second-order valence-corrected chi connectivity index (χ2v) is 6.13. The molecule has 0 saturated carbocycles. The fraction of sp³-hybridized carbons (Fsp3) is 0.333. The predicted molar refractivity (Wildman–Crippen MR) is 99.3 cm³/mol. The number of nitrogens with zero attached hydrogens (tertiary/aromatic N) is 3. The van der Waals surface area contributed by atoms with Gasteiger partial charge in [-0.25, -0.2) is 4.79 Å². The fourth-order valence-electron chi connectivity index (χ4n) is 3.25. The minimum atomic E-state index is -0.522. The molecule has 3 heterocycles. The Kier molecular flexibility index (Phi) is 5.39. The van der Waals surface area contributed by atoms with Crippen molar-refractivity contribution in [3.05, 3.63) is 52.4 Å². The van der Waals surface area contributed by atoms with Crippen LogP contribution in [0.3, 0.4) is 0 Å². The van der Waals surface area contributed by atoms with E-state index in [-0.39, 0.29) is 17.5 Å². The maximum atomic E-state index is 11.5. The van der Waals surface area contributed by atoms with E-state index in [0.717, 1.165) is 18.5 Å². The van der Waals surface area contributed by atoms with E-state index >= 15 is 0 Å². The molecule has 9 heteroatoms. The van der Waals surface area contributed by atoms with Gasteiger partial charge in [-0.1, -0.05) is 12.7 Å². The number of pyridine rings is 1. The molecular formula is C18H20N4O5. The maximum Gasteiger partial charge on any atom is 0.416 e. The molecule has 0 radical (unpaired) electrons. The molecule has 0 aromatic carbocycles. The van der Waals surface area contributed by atoms with Crippen LogP contribution in [-0.2, 0) is 4.74 Å². The number of anilines is 1. The summed E-state index contributed by atoms with van der Waals surface area (Å²) in [5.74, 6) is 0.764. The molecular weight excluding hydrogens is 352 g/mol. The summed E-state index contributed by atoms with van der Waals surface area (Å²) in [6.45, 7) is 5.10. The smallest absolute Gasteiger partial charge is 0.416 e. The van der Waals surface area contributed by atoms with E-state index in [0.29, 0.717) is 24.5 Å². The highest BCUT2D eigenvalue weighted by Crippen LogP contribution is 2.34. The molecule has 27 heavy (non-hydrogen) atoms. The number of cyclic esters (lactones) is 1. The zero-order valence-corrected chi connectivity index (χ0v) is 14.9. The number of aromatic nitrogens is 1. The number of amides is 1. The van der Waals surface area contributed by atoms with E-state index in [9.17, 15) is 14.9 Å². The van der Waals surface area contributed by atoms with Gasteiger partial charge in [-0.05, 0) is 25.0 Å². The molecule has 1 fully saturated rings. The highest BCUT2D eigenvalue weighted by Gasteiger charge is 2.28. The van der Waals surface area contributed by atoms with E-state index in [4.69, 9.17) is 9.47 Å². The highest BCUT2D eigenvalue weighted by atomic mass is 16.6. The van der Waals surface area contributed by atoms with Gasteiger partial charge in [0.1, 0.15) is 5.82 Å². The molecule has 0 spiro atoms. The van der Waals surface area contributed by atoms with E-state index in [1.807, 2.05) is 11.0 Å². The number of hydrogen-bond donors (Lipinski definition) is 1. The molecule has 1 N–H and O–H groups in total. The van der Waals surface area contributed by atoms with Gasteiger partial charge in [0, 0.05) is 36.3 Å². The van der Waals surface area contributed by atoms with Crippen molar-refractivity contribution in [1.29, 1.82) is 0 Å². The average molecular weight is 372 g/mol. The first-order valence-electron chi connectivity index (χ1n) is 8.48. The lowest BCUT2D eigenvalue weighted by Gasteiger charge is -2.34. The van der Waals surface area contributed by atoms with Gasteiger partial charge in [0.25, 0.3) is 5.88 Å². The number of hydrogen-bond acceptors (Lipinski definition) is 7. The second kappa shape index (κ2) is 7.90. The Morgan fingerprint density at radius 1 is 1.48 bits per heavy atom. The Balaban J connectivity index is 1.78. The molecule has 9 nitrogen and oxygen atoms in total. The maximum absolute atomic E-state index is 11.5. The summed E-state index contributed by atoms with van der Waals surface area (Å²) in [6, 6.07) is 1.43. The SMILES string of the molecule is C=Cc1cc([N+](=O)[O-])c(OC)nc1N1CCC(C2=CC=COC(=O)N2)CC1. The fourth-order valence-corrected chi connectivity index (χ4v) is 3.25. The van der Waals surface area contributed by atoms with Crippen molar-refractivity contribution in [2.75, 3.05) is 25.1 Å². The van der Waals surface area contributed by atoms with E-state index < -0.39 is 11.0 Å². The minimum absolute atomic E-state index is 0.0243. The third-order valence-electron chi connectivity index (χ3n) is 4.60. The van der Waals surface area contributed by atoms with Crippen molar-refractivity contribution >= 4 is 23.7 Å². The Bertz CT molecular complexity index is 825. The number of alkyl carbamates (subject to hydrolysis) is 1. The number of ether oxygens (including phenoxy) is 2. The second-order valence-electron chi connectivity index (χ2n) is 6.13. The third kappa shape index (κ3) is 3.91. The van der Waals surface area contributed by atoms with Gasteiger partial charge >= 0.3 is 11.8 Å². The average Bonchev–Trinajstić information content (AvgIpc) is 2.91. The molecule has 2 aliphatic rings. The predicted octanol–water partition coefficient (Wildman–Crippen LogP) is 3.00. The molecule has 3 rings (SSSR count). The zero-order chi connectivity index (χ0) is 19.4. The number of nitrogens with one attached hydrogen (secondary N) is 1. The van der Waals surface area contributed by atoms with Crippen LogP contribution < -0.4 is 15.0 Å². The monoisotopic (exact) mass is 372 g/mol. The number of carbonyl (C=O) groups is 1. The first-order valence-corrected chi connectivity index (χ1v) is 8.48. The summed E-state index contributed by atoms with van der Waals surface area (Å²) in [7, 11) is 1.36. The van der Waals surface area contributed by atoms with Crippen LogP contribution in [0.4, 0.5) is 16.3 Å². The normalized spacial score (nSPS) is 17.4. The van der Waals surface area contributed by atoms with Crippen molar-refractivity contribution in [2.24, 2.45) is 5.92 Å². The van der Waals surface area contributed by atoms with Gasteiger partial charge in [0.15, 0.2) is 0 Å². The van der Waals surface area contributed by atoms with Gasteiger partial charge in [0.2, 0.25) is 0 Å². The molecule has 1 amide bonds. The molecule has 1 aromatic rings. The Labute approximate surface area is 156 Å². The van der Waals surface area contributed by atoms with Crippen molar-refractivity contribution in [2.45, 2.75) is 12.8 Å². The minimum Gasteiger partial charge on any atom is -0.476 e. The van der Waals surface area contributed by atoms with Crippen molar-refractivity contribution in [1.82, 2.24) is 10.3 Å². The van der Waals surface area contributed by atoms with Gasteiger partial charge in [-0.15, -0.1) is 0 Å². The molecule has 0 aliphatic carbocycles. The Morgan fingerprint density at radius 2 is 2.22 bits per heavy atom. The van der Waals surface area contributed by atoms with Crippen LogP contribution in [0.15, 0.2) is 36.8 Å². The zero-order valence-electron chi connectivity index (χ0n) is 14.9. The van der Waals surface area contributed by atoms with Gasteiger partial charge in [0.05, 0.1) is 18.3 Å². The lowest BCUT2D eigenvalue weighted by atomic mass is 9.92. The standard InChI is InChI=1S/C18H20N4O5/c1-3-12-11-15(22(24)25)17(26-2)20-16(12)21-8-6-13(7-9-21)14-5-4-10-27-18(23)19-14/h3-5,10-11,13H,1,6-9H2,2H3,(H,19,23). The quantitative estimate of drug-likeness (QED) is 0.625. The summed E-state index contributed by atoms with van der Waals surface area (Å²) in [5, 5.41) is 13.9. The molecule has 1 aromatic heterocycles. The van der Waals surface area contributed by atoms with Gasteiger partial charge in [-0.2, -0.15) is 4.98 Å². The molecule has 0 unspecified atom stereocenters. The number of piperidine rings is 1. The van der Waals surface area contributed by atoms with Crippen molar-refractivity contribution in [3.8, 4) is 5.88 Å². The molecule has 0 bridgehead atoms. The first-order chi connectivity index (χ1) is 13.0. The number of allylic oxidation sites excluding steroid dienone is 3. The van der Waals surface area contributed by atoms with Crippen LogP contribution >= 0.6 is 0 Å². The first kappa shape index (κ1) is 18.4. The van der Waals surface area contributed by atoms with Crippen LogP contribution in [0.5, 0.6) is 5.88 Å². The highest BCUT2D eigenvalue weighted by molar-refractivity contribution is 5.71. The van der Waals surface area contributed by atoms with E-state index in [1.54, 1.807) is 12.2 Å². The topological polar surface area (TPSA) is 107 Å². The molecule has 2 aliphatic heterocycles. The Hall–Kier alpha value is -3.36. The summed E-state index contributed by atoms with van der Waals surface area (Å²) in [5.41, 5.74) is 1.22. The lowest BCUT2D eigenvalue weighted by molar-refractivity contribution is -0.386. The summed E-state index contributed by atoms with van der Waals surface area (Å²) < 4.78 is 9.91. The molecule has 1 saturated heterocycles.